The molecule has 0 unspecified atom stereocenters. The van der Waals surface area contributed by atoms with Gasteiger partial charge in [-0.05, 0) is 45.3 Å². The standard InChI is InChI=1S/C6H15N.CH3NO2S2/c1-4-7(5-2)6-3;3-1(4)2(5)6/h4-6H2,1-3H3;5-6H,(H,3,4). The van der Waals surface area contributed by atoms with Crippen molar-refractivity contribution in [2.45, 2.75) is 20.8 Å². The Hall–Kier alpha value is -0.0700. The van der Waals surface area contributed by atoms with E-state index in [-0.39, 0.29) is 0 Å². The number of carbonyl (C=O) groups is 1. The molecule has 0 rings (SSSR count). The monoisotopic (exact) mass is 226 g/mol. The van der Waals surface area contributed by atoms with E-state index in [1.165, 1.54) is 19.6 Å². The molecule has 0 saturated heterocycles. The van der Waals surface area contributed by atoms with E-state index in [9.17, 15) is 4.79 Å². The summed E-state index contributed by atoms with van der Waals surface area (Å²) in [5.41, 5.74) is 0. The van der Waals surface area contributed by atoms with Crippen LogP contribution in [0.5, 0.6) is 0 Å². The third-order valence-electron chi connectivity index (χ3n) is 1.51. The van der Waals surface area contributed by atoms with E-state index in [0.717, 1.165) is 0 Å². The molecule has 1 amide bonds. The maximum absolute atomic E-state index is 9.47. The molecular formula is C7H18N2O2S2. The third kappa shape index (κ3) is 11.9. The molecule has 0 fully saturated rings. The molecule has 0 atom stereocenters. The Labute approximate surface area is 91.0 Å². The number of nitrogens with zero attached hydrogens (tertiary/aromatic N) is 2. The molecule has 6 heteroatoms. The van der Waals surface area contributed by atoms with Crippen LogP contribution in [0.2, 0.25) is 0 Å². The van der Waals surface area contributed by atoms with Gasteiger partial charge < -0.3 is 10.0 Å². The molecule has 80 valence electrons. The average Bonchev–Trinajstić information content (AvgIpc) is 2.08. The number of thiol groups is 2. The van der Waals surface area contributed by atoms with E-state index in [4.69, 9.17) is 5.11 Å². The van der Waals surface area contributed by atoms with Gasteiger partial charge in [0.15, 0.2) is 0 Å². The van der Waals surface area contributed by atoms with E-state index in [2.05, 4.69) is 51.3 Å². The smallest absolute Gasteiger partial charge is 0.427 e. The first-order valence-corrected chi connectivity index (χ1v) is 4.92. The van der Waals surface area contributed by atoms with Gasteiger partial charge in [-0.15, -0.1) is 0 Å². The molecule has 0 heterocycles. The van der Waals surface area contributed by atoms with Crippen molar-refractivity contribution >= 4 is 31.7 Å². The van der Waals surface area contributed by atoms with Gasteiger partial charge in [-0.2, -0.15) is 3.71 Å². The number of hydrogen-bond donors (Lipinski definition) is 3. The lowest BCUT2D eigenvalue weighted by Gasteiger charge is -2.13. The van der Waals surface area contributed by atoms with Gasteiger partial charge in [-0.3, -0.25) is 0 Å². The van der Waals surface area contributed by atoms with E-state index in [1.54, 1.807) is 0 Å². The lowest BCUT2D eigenvalue weighted by atomic mass is 10.5. The minimum absolute atomic E-state index is 0.472. The maximum atomic E-state index is 9.47. The largest absolute Gasteiger partial charge is 0.464 e. The molecular weight excluding hydrogens is 208 g/mol. The summed E-state index contributed by atoms with van der Waals surface area (Å²) in [6.45, 7) is 10.1. The minimum Gasteiger partial charge on any atom is -0.464 e. The first kappa shape index (κ1) is 15.4. The lowest BCUT2D eigenvalue weighted by molar-refractivity contribution is 0.191. The molecule has 0 spiro atoms. The van der Waals surface area contributed by atoms with Crippen LogP contribution in [-0.4, -0.2) is 39.4 Å². The Morgan fingerprint density at radius 2 is 1.38 bits per heavy atom. The van der Waals surface area contributed by atoms with Crippen molar-refractivity contribution in [1.82, 2.24) is 8.61 Å². The molecule has 0 aromatic carbocycles. The number of hydrogen-bond acceptors (Lipinski definition) is 4. The summed E-state index contributed by atoms with van der Waals surface area (Å²) in [5.74, 6) is 0. The fraction of sp³-hybridized carbons (Fsp3) is 0.857. The summed E-state index contributed by atoms with van der Waals surface area (Å²) < 4.78 is 0.472. The van der Waals surface area contributed by atoms with Gasteiger partial charge in [-0.25, -0.2) is 4.79 Å². The van der Waals surface area contributed by atoms with Gasteiger partial charge in [0.2, 0.25) is 0 Å². The van der Waals surface area contributed by atoms with Crippen LogP contribution >= 0.6 is 25.6 Å². The molecule has 0 radical (unpaired) electrons. The van der Waals surface area contributed by atoms with Crippen LogP contribution in [0.15, 0.2) is 0 Å². The topological polar surface area (TPSA) is 43.8 Å². The van der Waals surface area contributed by atoms with Crippen LogP contribution in [0.25, 0.3) is 0 Å². The predicted octanol–water partition coefficient (Wildman–Crippen LogP) is 2.00. The van der Waals surface area contributed by atoms with Gasteiger partial charge in [0.1, 0.15) is 0 Å². The van der Waals surface area contributed by atoms with E-state index < -0.39 is 6.09 Å². The SMILES string of the molecule is CCN(CC)CC.O=C(O)N(S)S. The Bertz CT molecular complexity index is 124. The van der Waals surface area contributed by atoms with E-state index in [1.807, 2.05) is 0 Å². The summed E-state index contributed by atoms with van der Waals surface area (Å²) in [5, 5.41) is 7.76. The lowest BCUT2D eigenvalue weighted by Crippen LogP contribution is -2.21. The van der Waals surface area contributed by atoms with E-state index in [0.29, 0.717) is 3.71 Å². The maximum Gasteiger partial charge on any atom is 0.427 e. The fourth-order valence-corrected chi connectivity index (χ4v) is 0.671. The number of carboxylic acid groups (broad SMARTS) is 1. The zero-order valence-electron chi connectivity index (χ0n) is 8.27. The van der Waals surface area contributed by atoms with Crippen LogP contribution < -0.4 is 0 Å². The first-order valence-electron chi connectivity index (χ1n) is 4.12. The second kappa shape index (κ2) is 10.0. The Morgan fingerprint density at radius 1 is 1.15 bits per heavy atom. The minimum atomic E-state index is -1.18. The van der Waals surface area contributed by atoms with Gasteiger partial charge in [0, 0.05) is 0 Å². The van der Waals surface area contributed by atoms with Crippen LogP contribution in [-0.2, 0) is 0 Å². The first-order chi connectivity index (χ1) is 5.99. The van der Waals surface area contributed by atoms with E-state index >= 15 is 0 Å². The highest BCUT2D eigenvalue weighted by molar-refractivity contribution is 7.94. The van der Waals surface area contributed by atoms with Crippen molar-refractivity contribution in [3.63, 3.8) is 0 Å². The quantitative estimate of drug-likeness (QED) is 0.645. The highest BCUT2D eigenvalue weighted by atomic mass is 32.2. The summed E-state index contributed by atoms with van der Waals surface area (Å²) in [6.07, 6.45) is -1.18. The molecule has 0 aliphatic rings. The molecule has 0 aromatic rings. The third-order valence-corrected chi connectivity index (χ3v) is 1.85. The zero-order chi connectivity index (χ0) is 10.9. The molecule has 1 N–H and O–H groups in total. The van der Waals surface area contributed by atoms with Crippen LogP contribution in [0.1, 0.15) is 20.8 Å². The van der Waals surface area contributed by atoms with Gasteiger partial charge in [0.05, 0.1) is 0 Å². The van der Waals surface area contributed by atoms with Crippen LogP contribution in [0.3, 0.4) is 0 Å². The van der Waals surface area contributed by atoms with Crippen LogP contribution in [0.4, 0.5) is 4.79 Å². The fourth-order valence-electron chi connectivity index (χ4n) is 0.671. The molecule has 0 bridgehead atoms. The molecule has 0 aliphatic carbocycles. The highest BCUT2D eigenvalue weighted by Gasteiger charge is 1.95. The molecule has 4 nitrogen and oxygen atoms in total. The van der Waals surface area contributed by atoms with Gasteiger partial charge >= 0.3 is 6.09 Å². The number of rotatable bonds is 3. The Balaban J connectivity index is 0. The van der Waals surface area contributed by atoms with Crippen molar-refractivity contribution in [3.05, 3.63) is 0 Å². The molecule has 0 saturated carbocycles. The second-order valence-corrected chi connectivity index (χ2v) is 3.31. The van der Waals surface area contributed by atoms with Gasteiger partial charge in [0.25, 0.3) is 0 Å². The van der Waals surface area contributed by atoms with Crippen molar-refractivity contribution in [3.8, 4) is 0 Å². The van der Waals surface area contributed by atoms with Crippen LogP contribution in [0, 0.1) is 0 Å². The second-order valence-electron chi connectivity index (χ2n) is 2.19. The van der Waals surface area contributed by atoms with Crippen molar-refractivity contribution in [1.29, 1.82) is 0 Å². The Kier molecular flexibility index (Phi) is 11.9. The molecule has 0 aliphatic heterocycles. The predicted molar refractivity (Wildman–Crippen MR) is 61.3 cm³/mol. The average molecular weight is 226 g/mol. The van der Waals surface area contributed by atoms with Crippen molar-refractivity contribution in [2.24, 2.45) is 0 Å². The zero-order valence-corrected chi connectivity index (χ0v) is 10.1. The van der Waals surface area contributed by atoms with Crippen molar-refractivity contribution in [2.75, 3.05) is 19.6 Å². The van der Waals surface area contributed by atoms with Gasteiger partial charge in [-0.1, -0.05) is 20.8 Å². The summed E-state index contributed by atoms with van der Waals surface area (Å²) >= 11 is 6.58. The molecule has 0 aromatic heterocycles. The summed E-state index contributed by atoms with van der Waals surface area (Å²) in [4.78, 5) is 11.8. The normalized spacial score (nSPS) is 9.08. The van der Waals surface area contributed by atoms with Crippen molar-refractivity contribution < 1.29 is 9.90 Å². The Morgan fingerprint density at radius 3 is 1.38 bits per heavy atom. The number of amides is 1. The molecule has 13 heavy (non-hydrogen) atoms. The highest BCUT2D eigenvalue weighted by Crippen LogP contribution is 1.94. The summed E-state index contributed by atoms with van der Waals surface area (Å²) in [7, 11) is 0. The summed E-state index contributed by atoms with van der Waals surface area (Å²) in [6, 6.07) is 0.